The molecule has 1 aromatic rings. The van der Waals surface area contributed by atoms with E-state index in [4.69, 9.17) is 10.2 Å². The van der Waals surface area contributed by atoms with Crippen molar-refractivity contribution < 1.29 is 19.8 Å². The molecule has 0 aliphatic rings. The second-order valence-electron chi connectivity index (χ2n) is 2.86. The highest BCUT2D eigenvalue weighted by atomic mass is 32.1. The number of carboxylic acids is 1. The van der Waals surface area contributed by atoms with Crippen LogP contribution in [0.15, 0.2) is 11.6 Å². The van der Waals surface area contributed by atoms with Crippen molar-refractivity contribution in [2.75, 3.05) is 11.9 Å². The predicted molar refractivity (Wildman–Crippen MR) is 57.4 cm³/mol. The fourth-order valence-electron chi connectivity index (χ4n) is 0.872. The van der Waals surface area contributed by atoms with Gasteiger partial charge >= 0.3 is 12.0 Å². The van der Waals surface area contributed by atoms with Crippen molar-refractivity contribution in [3.63, 3.8) is 0 Å². The number of aliphatic carboxylic acids is 1. The Balaban J connectivity index is 2.18. The van der Waals surface area contributed by atoms with Gasteiger partial charge in [0.25, 0.3) is 0 Å². The summed E-state index contributed by atoms with van der Waals surface area (Å²) in [7, 11) is 0. The second-order valence-corrected chi connectivity index (χ2v) is 3.76. The minimum Gasteiger partial charge on any atom is -0.479 e. The topological polar surface area (TPSA) is 112 Å². The average molecular weight is 245 g/mol. The molecule has 7 nitrogen and oxygen atoms in total. The first kappa shape index (κ1) is 12.4. The number of aliphatic hydroxyl groups excluding tert-OH is 1. The van der Waals surface area contributed by atoms with Crippen molar-refractivity contribution in [2.45, 2.75) is 12.5 Å². The third-order valence-corrected chi connectivity index (χ3v) is 2.33. The standard InChI is InChI=1S/C8H11N3O4S/c12-5(6(13)14)1-2-9-7(15)11-8-10-3-4-16-8/h3-5,12H,1-2H2,(H,13,14)(H2,9,10,11,15). The van der Waals surface area contributed by atoms with Crippen molar-refractivity contribution in [3.05, 3.63) is 11.6 Å². The maximum Gasteiger partial charge on any atom is 0.332 e. The molecular weight excluding hydrogens is 234 g/mol. The van der Waals surface area contributed by atoms with Crippen LogP contribution < -0.4 is 10.6 Å². The first-order valence-electron chi connectivity index (χ1n) is 4.45. The number of nitrogens with one attached hydrogen (secondary N) is 2. The van der Waals surface area contributed by atoms with Gasteiger partial charge in [-0.25, -0.2) is 14.6 Å². The molecule has 0 aromatic carbocycles. The molecule has 1 atom stereocenters. The number of urea groups is 1. The Hall–Kier alpha value is -1.67. The Morgan fingerprint density at radius 3 is 2.88 bits per heavy atom. The number of hydrogen-bond donors (Lipinski definition) is 4. The fraction of sp³-hybridized carbons (Fsp3) is 0.375. The van der Waals surface area contributed by atoms with E-state index in [9.17, 15) is 9.59 Å². The summed E-state index contributed by atoms with van der Waals surface area (Å²) in [6.45, 7) is 0.0741. The average Bonchev–Trinajstić information content (AvgIpc) is 2.70. The van der Waals surface area contributed by atoms with Crippen LogP contribution in [-0.2, 0) is 4.79 Å². The maximum atomic E-state index is 11.2. The lowest BCUT2D eigenvalue weighted by molar-refractivity contribution is -0.146. The van der Waals surface area contributed by atoms with Crippen LogP contribution >= 0.6 is 11.3 Å². The summed E-state index contributed by atoms with van der Waals surface area (Å²) in [5, 5.41) is 24.3. The molecule has 0 bridgehead atoms. The summed E-state index contributed by atoms with van der Waals surface area (Å²) < 4.78 is 0. The summed E-state index contributed by atoms with van der Waals surface area (Å²) in [4.78, 5) is 25.3. The number of anilines is 1. The SMILES string of the molecule is O=C(NCCC(O)C(=O)O)Nc1nccs1. The van der Waals surface area contributed by atoms with E-state index in [-0.39, 0.29) is 13.0 Å². The molecule has 88 valence electrons. The van der Waals surface area contributed by atoms with Crippen molar-refractivity contribution in [2.24, 2.45) is 0 Å². The number of rotatable bonds is 5. The van der Waals surface area contributed by atoms with Gasteiger partial charge < -0.3 is 15.5 Å². The van der Waals surface area contributed by atoms with Gasteiger partial charge in [0.1, 0.15) is 0 Å². The zero-order chi connectivity index (χ0) is 12.0. The molecule has 1 unspecified atom stereocenters. The number of carboxylic acid groups (broad SMARTS) is 1. The minimum absolute atomic E-state index is 0.0410. The summed E-state index contributed by atoms with van der Waals surface area (Å²) in [5.74, 6) is -1.30. The fourth-order valence-corrected chi connectivity index (χ4v) is 1.40. The number of hydrogen-bond acceptors (Lipinski definition) is 5. The normalized spacial score (nSPS) is 11.8. The molecule has 1 heterocycles. The molecule has 0 saturated heterocycles. The van der Waals surface area contributed by atoms with E-state index in [1.165, 1.54) is 11.3 Å². The Morgan fingerprint density at radius 1 is 1.56 bits per heavy atom. The molecule has 0 saturated carbocycles. The summed E-state index contributed by atoms with van der Waals surface area (Å²) in [6.07, 6.45) is 0.0508. The number of carbonyl (C=O) groups is 2. The Morgan fingerprint density at radius 2 is 2.31 bits per heavy atom. The van der Waals surface area contributed by atoms with Gasteiger partial charge in [-0.2, -0.15) is 0 Å². The number of aromatic nitrogens is 1. The van der Waals surface area contributed by atoms with Gasteiger partial charge in [0.2, 0.25) is 0 Å². The van der Waals surface area contributed by atoms with E-state index in [0.717, 1.165) is 0 Å². The lowest BCUT2D eigenvalue weighted by atomic mass is 10.2. The largest absolute Gasteiger partial charge is 0.479 e. The van der Waals surface area contributed by atoms with Crippen molar-refractivity contribution in [1.29, 1.82) is 0 Å². The summed E-state index contributed by atoms with van der Waals surface area (Å²) in [5.41, 5.74) is 0. The highest BCUT2D eigenvalue weighted by Crippen LogP contribution is 2.09. The number of aliphatic hydroxyl groups is 1. The third-order valence-electron chi connectivity index (χ3n) is 1.64. The van der Waals surface area contributed by atoms with Crippen LogP contribution in [0, 0.1) is 0 Å². The maximum absolute atomic E-state index is 11.2. The first-order chi connectivity index (χ1) is 7.59. The van der Waals surface area contributed by atoms with Gasteiger partial charge in [-0.1, -0.05) is 0 Å². The van der Waals surface area contributed by atoms with Crippen LogP contribution in [0.1, 0.15) is 6.42 Å². The number of nitrogens with zero attached hydrogens (tertiary/aromatic N) is 1. The monoisotopic (exact) mass is 245 g/mol. The molecule has 16 heavy (non-hydrogen) atoms. The zero-order valence-corrected chi connectivity index (χ0v) is 9.03. The van der Waals surface area contributed by atoms with Crippen LogP contribution in [0.3, 0.4) is 0 Å². The van der Waals surface area contributed by atoms with E-state index >= 15 is 0 Å². The van der Waals surface area contributed by atoms with Gasteiger partial charge in [-0.05, 0) is 0 Å². The first-order valence-corrected chi connectivity index (χ1v) is 5.33. The molecule has 0 fully saturated rings. The van der Waals surface area contributed by atoms with Crippen LogP contribution in [0.5, 0.6) is 0 Å². The summed E-state index contributed by atoms with van der Waals surface area (Å²) in [6, 6.07) is -0.479. The lowest BCUT2D eigenvalue weighted by Crippen LogP contribution is -2.33. The molecule has 2 amide bonds. The van der Waals surface area contributed by atoms with Gasteiger partial charge in [-0.15, -0.1) is 11.3 Å². The van der Waals surface area contributed by atoms with Crippen molar-refractivity contribution in [3.8, 4) is 0 Å². The van der Waals surface area contributed by atoms with Crippen LogP contribution in [-0.4, -0.2) is 39.8 Å². The van der Waals surface area contributed by atoms with Gasteiger partial charge in [0.05, 0.1) is 0 Å². The van der Waals surface area contributed by atoms with Crippen LogP contribution in [0.25, 0.3) is 0 Å². The van der Waals surface area contributed by atoms with Crippen LogP contribution in [0.4, 0.5) is 9.93 Å². The van der Waals surface area contributed by atoms with E-state index in [2.05, 4.69) is 15.6 Å². The Kier molecular flexibility index (Phi) is 4.67. The van der Waals surface area contributed by atoms with E-state index < -0.39 is 18.1 Å². The molecule has 4 N–H and O–H groups in total. The van der Waals surface area contributed by atoms with Crippen LogP contribution in [0.2, 0.25) is 0 Å². The van der Waals surface area contributed by atoms with Crippen molar-refractivity contribution in [1.82, 2.24) is 10.3 Å². The molecule has 0 radical (unpaired) electrons. The highest BCUT2D eigenvalue weighted by molar-refractivity contribution is 7.13. The molecule has 8 heteroatoms. The molecule has 1 rings (SSSR count). The van der Waals surface area contributed by atoms with E-state index in [1.807, 2.05) is 0 Å². The molecule has 0 aliphatic carbocycles. The Labute approximate surface area is 95.1 Å². The molecule has 1 aromatic heterocycles. The van der Waals surface area contributed by atoms with E-state index in [0.29, 0.717) is 5.13 Å². The smallest absolute Gasteiger partial charge is 0.332 e. The zero-order valence-electron chi connectivity index (χ0n) is 8.21. The van der Waals surface area contributed by atoms with Crippen molar-refractivity contribution >= 4 is 28.5 Å². The van der Waals surface area contributed by atoms with Gasteiger partial charge in [0.15, 0.2) is 11.2 Å². The Bertz CT molecular complexity index is 354. The molecule has 0 spiro atoms. The van der Waals surface area contributed by atoms with Gasteiger partial charge in [-0.3, -0.25) is 5.32 Å². The van der Waals surface area contributed by atoms with E-state index in [1.54, 1.807) is 11.6 Å². The number of carbonyl (C=O) groups excluding carboxylic acids is 1. The number of amides is 2. The molecule has 0 aliphatic heterocycles. The van der Waals surface area contributed by atoms with Gasteiger partial charge in [0, 0.05) is 24.5 Å². The molecular formula is C8H11N3O4S. The minimum atomic E-state index is -1.46. The predicted octanol–water partition coefficient (Wildman–Crippen LogP) is 0.100. The number of thiazole rings is 1. The highest BCUT2D eigenvalue weighted by Gasteiger charge is 2.12. The summed E-state index contributed by atoms with van der Waals surface area (Å²) >= 11 is 1.27. The lowest BCUT2D eigenvalue weighted by Gasteiger charge is -2.07. The second kappa shape index (κ2) is 6.03. The third kappa shape index (κ3) is 4.24. The quantitative estimate of drug-likeness (QED) is 0.588.